The zero-order valence-corrected chi connectivity index (χ0v) is 8.95. The number of aromatic nitrogens is 2. The van der Waals surface area contributed by atoms with E-state index in [1.54, 1.807) is 7.05 Å². The lowest BCUT2D eigenvalue weighted by Gasteiger charge is -2.07. The fraction of sp³-hybridized carbons (Fsp3) is 0.0909. The number of para-hydroxylation sites is 1. The molecule has 0 radical (unpaired) electrons. The van der Waals surface area contributed by atoms with Crippen molar-refractivity contribution in [2.75, 3.05) is 5.32 Å². The van der Waals surface area contributed by atoms with Crippen molar-refractivity contribution in [2.45, 2.75) is 0 Å². The molecule has 1 aromatic heterocycles. The molecule has 1 aromatic carbocycles. The summed E-state index contributed by atoms with van der Waals surface area (Å²) in [7, 11) is 1.56. The van der Waals surface area contributed by atoms with Crippen molar-refractivity contribution in [3.8, 4) is 0 Å². The van der Waals surface area contributed by atoms with Gasteiger partial charge in [0.05, 0.1) is 0 Å². The number of carbonyl (C=O) groups is 1. The molecule has 0 bridgehead atoms. The minimum Gasteiger partial charge on any atom is -0.316 e. The Labute approximate surface area is 95.9 Å². The third-order valence-electron chi connectivity index (χ3n) is 2.25. The Bertz CT molecular complexity index is 545. The zero-order chi connectivity index (χ0) is 12.4. The monoisotopic (exact) mass is 237 g/mol. The molecule has 17 heavy (non-hydrogen) atoms. The van der Waals surface area contributed by atoms with Gasteiger partial charge < -0.3 is 5.32 Å². The quantitative estimate of drug-likeness (QED) is 0.867. The number of hydrogen-bond acceptors (Lipinski definition) is 2. The fourth-order valence-electron chi connectivity index (χ4n) is 1.39. The van der Waals surface area contributed by atoms with Gasteiger partial charge in [-0.05, 0) is 18.2 Å². The van der Waals surface area contributed by atoms with Crippen LogP contribution in [0.15, 0.2) is 30.5 Å². The standard InChI is InChI=1S/C11H9F2N3O/c1-16-9(5-6-14-16)11(17)15-10-7(12)3-2-4-8(10)13/h2-6H,1H3,(H,15,17). The molecule has 88 valence electrons. The minimum absolute atomic E-state index is 0.215. The molecule has 1 amide bonds. The summed E-state index contributed by atoms with van der Waals surface area (Å²) in [6.45, 7) is 0. The van der Waals surface area contributed by atoms with E-state index in [0.29, 0.717) is 0 Å². The number of aryl methyl sites for hydroxylation is 1. The molecule has 1 heterocycles. The van der Waals surface area contributed by atoms with Crippen LogP contribution in [0.4, 0.5) is 14.5 Å². The molecular formula is C11H9F2N3O. The van der Waals surface area contributed by atoms with E-state index in [1.165, 1.54) is 23.0 Å². The van der Waals surface area contributed by atoms with E-state index in [9.17, 15) is 13.6 Å². The molecular weight excluding hydrogens is 228 g/mol. The van der Waals surface area contributed by atoms with Crippen LogP contribution < -0.4 is 5.32 Å². The number of nitrogens with zero attached hydrogens (tertiary/aromatic N) is 2. The summed E-state index contributed by atoms with van der Waals surface area (Å²) in [6, 6.07) is 4.82. The molecule has 0 spiro atoms. The zero-order valence-electron chi connectivity index (χ0n) is 8.95. The van der Waals surface area contributed by atoms with Crippen molar-refractivity contribution < 1.29 is 13.6 Å². The van der Waals surface area contributed by atoms with Crippen LogP contribution in [0.2, 0.25) is 0 Å². The molecule has 0 aliphatic heterocycles. The number of amides is 1. The van der Waals surface area contributed by atoms with E-state index >= 15 is 0 Å². The van der Waals surface area contributed by atoms with E-state index in [4.69, 9.17) is 0 Å². The summed E-state index contributed by atoms with van der Waals surface area (Å²) in [5.41, 5.74) is -0.244. The van der Waals surface area contributed by atoms with Crippen LogP contribution in [0.1, 0.15) is 10.5 Å². The van der Waals surface area contributed by atoms with Gasteiger partial charge in [0.25, 0.3) is 5.91 Å². The third-order valence-corrected chi connectivity index (χ3v) is 2.25. The largest absolute Gasteiger partial charge is 0.316 e. The van der Waals surface area contributed by atoms with E-state index in [0.717, 1.165) is 12.1 Å². The van der Waals surface area contributed by atoms with Crippen LogP contribution >= 0.6 is 0 Å². The highest BCUT2D eigenvalue weighted by molar-refractivity contribution is 6.03. The highest BCUT2D eigenvalue weighted by atomic mass is 19.1. The maximum absolute atomic E-state index is 13.3. The Morgan fingerprint density at radius 1 is 1.29 bits per heavy atom. The van der Waals surface area contributed by atoms with Gasteiger partial charge in [0.1, 0.15) is 23.0 Å². The number of rotatable bonds is 2. The van der Waals surface area contributed by atoms with Gasteiger partial charge in [0.15, 0.2) is 0 Å². The Kier molecular flexibility index (Phi) is 2.86. The molecule has 0 saturated carbocycles. The first-order valence-corrected chi connectivity index (χ1v) is 4.83. The third kappa shape index (κ3) is 2.15. The second-order valence-electron chi connectivity index (χ2n) is 3.39. The van der Waals surface area contributed by atoms with Crippen molar-refractivity contribution in [3.63, 3.8) is 0 Å². The highest BCUT2D eigenvalue weighted by Gasteiger charge is 2.15. The van der Waals surface area contributed by atoms with Crippen molar-refractivity contribution in [3.05, 3.63) is 47.8 Å². The van der Waals surface area contributed by atoms with Crippen molar-refractivity contribution >= 4 is 11.6 Å². The summed E-state index contributed by atoms with van der Waals surface area (Å²) in [6.07, 6.45) is 1.42. The summed E-state index contributed by atoms with van der Waals surface area (Å²) in [5, 5.41) is 5.96. The van der Waals surface area contributed by atoms with Gasteiger partial charge in [0.2, 0.25) is 0 Å². The van der Waals surface area contributed by atoms with Crippen LogP contribution in [0.25, 0.3) is 0 Å². The molecule has 0 aliphatic carbocycles. The van der Waals surface area contributed by atoms with Gasteiger partial charge in [0, 0.05) is 13.2 Å². The number of halogens is 2. The first-order chi connectivity index (χ1) is 8.09. The van der Waals surface area contributed by atoms with Crippen molar-refractivity contribution in [2.24, 2.45) is 7.05 Å². The smallest absolute Gasteiger partial charge is 0.274 e. The van der Waals surface area contributed by atoms with Crippen molar-refractivity contribution in [1.29, 1.82) is 0 Å². The molecule has 6 heteroatoms. The number of benzene rings is 1. The SMILES string of the molecule is Cn1nccc1C(=O)Nc1c(F)cccc1F. The van der Waals surface area contributed by atoms with Crippen LogP contribution in [0.3, 0.4) is 0 Å². The number of anilines is 1. The number of hydrogen-bond donors (Lipinski definition) is 1. The normalized spacial score (nSPS) is 10.3. The van der Waals surface area contributed by atoms with E-state index < -0.39 is 23.2 Å². The van der Waals surface area contributed by atoms with Crippen LogP contribution in [0, 0.1) is 11.6 Å². The summed E-state index contributed by atoms with van der Waals surface area (Å²) in [4.78, 5) is 11.7. The van der Waals surface area contributed by atoms with Crippen molar-refractivity contribution in [1.82, 2.24) is 9.78 Å². The van der Waals surface area contributed by atoms with Gasteiger partial charge in [-0.15, -0.1) is 0 Å². The summed E-state index contributed by atoms with van der Waals surface area (Å²) in [5.74, 6) is -2.25. The van der Waals surface area contributed by atoms with Crippen LogP contribution in [-0.2, 0) is 7.05 Å². The van der Waals surface area contributed by atoms with Gasteiger partial charge in [-0.1, -0.05) is 6.07 Å². The molecule has 0 saturated heterocycles. The molecule has 2 aromatic rings. The van der Waals surface area contributed by atoms with Gasteiger partial charge in [-0.2, -0.15) is 5.10 Å². The Morgan fingerprint density at radius 3 is 2.47 bits per heavy atom. The second kappa shape index (κ2) is 4.32. The lowest BCUT2D eigenvalue weighted by atomic mass is 10.2. The van der Waals surface area contributed by atoms with Gasteiger partial charge in [-0.3, -0.25) is 9.48 Å². The average molecular weight is 237 g/mol. The van der Waals surface area contributed by atoms with E-state index in [-0.39, 0.29) is 5.69 Å². The first kappa shape index (κ1) is 11.3. The minimum atomic E-state index is -0.819. The maximum Gasteiger partial charge on any atom is 0.274 e. The number of carbonyl (C=O) groups excluding carboxylic acids is 1. The lowest BCUT2D eigenvalue weighted by molar-refractivity contribution is 0.101. The summed E-state index contributed by atoms with van der Waals surface area (Å²) < 4.78 is 27.9. The van der Waals surface area contributed by atoms with E-state index in [2.05, 4.69) is 10.4 Å². The Morgan fingerprint density at radius 2 is 1.94 bits per heavy atom. The Balaban J connectivity index is 2.28. The Hall–Kier alpha value is -2.24. The molecule has 1 N–H and O–H groups in total. The second-order valence-corrected chi connectivity index (χ2v) is 3.39. The molecule has 0 atom stereocenters. The summed E-state index contributed by atoms with van der Waals surface area (Å²) >= 11 is 0. The molecule has 2 rings (SSSR count). The van der Waals surface area contributed by atoms with Gasteiger partial charge >= 0.3 is 0 Å². The predicted octanol–water partition coefficient (Wildman–Crippen LogP) is 1.95. The van der Waals surface area contributed by atoms with Crippen LogP contribution in [-0.4, -0.2) is 15.7 Å². The molecule has 0 unspecified atom stereocenters. The first-order valence-electron chi connectivity index (χ1n) is 4.83. The fourth-order valence-corrected chi connectivity index (χ4v) is 1.39. The van der Waals surface area contributed by atoms with Crippen LogP contribution in [0.5, 0.6) is 0 Å². The lowest BCUT2D eigenvalue weighted by Crippen LogP contribution is -2.17. The highest BCUT2D eigenvalue weighted by Crippen LogP contribution is 2.18. The van der Waals surface area contributed by atoms with Gasteiger partial charge in [-0.25, -0.2) is 8.78 Å². The maximum atomic E-state index is 13.3. The average Bonchev–Trinajstić information content (AvgIpc) is 2.70. The topological polar surface area (TPSA) is 46.9 Å². The van der Waals surface area contributed by atoms with E-state index in [1.807, 2.05) is 0 Å². The molecule has 0 fully saturated rings. The molecule has 0 aliphatic rings. The predicted molar refractivity (Wildman–Crippen MR) is 57.5 cm³/mol. The number of nitrogens with one attached hydrogen (secondary N) is 1. The molecule has 4 nitrogen and oxygen atoms in total.